The van der Waals surface area contributed by atoms with Gasteiger partial charge >= 0.3 is 6.09 Å². The lowest BCUT2D eigenvalue weighted by Crippen LogP contribution is -2.50. The molecule has 1 saturated heterocycles. The summed E-state index contributed by atoms with van der Waals surface area (Å²) in [7, 11) is 3.30. The molecule has 44 heavy (non-hydrogen) atoms. The molecule has 11 heteroatoms. The summed E-state index contributed by atoms with van der Waals surface area (Å²) in [5, 5.41) is 3.67. The second-order valence-electron chi connectivity index (χ2n) is 11.3. The van der Waals surface area contributed by atoms with E-state index in [1.807, 2.05) is 48.4 Å². The number of likely N-dealkylation sites (N-methyl/N-ethyl adjacent to an activating group) is 1. The first-order valence-corrected chi connectivity index (χ1v) is 15.4. The molecular formula is C33H41ClN6O4. The molecule has 2 heterocycles. The molecule has 1 aromatic heterocycles. The zero-order chi connectivity index (χ0) is 31.2. The Morgan fingerprint density at radius 1 is 1.23 bits per heavy atom. The second kappa shape index (κ2) is 14.3. The molecule has 2 aliphatic carbocycles. The molecule has 234 valence electrons. The molecular weight excluding hydrogens is 580 g/mol. The van der Waals surface area contributed by atoms with Gasteiger partial charge in [0.15, 0.2) is 0 Å². The van der Waals surface area contributed by atoms with Crippen LogP contribution < -0.4 is 11.1 Å². The molecule has 2 amide bonds. The Bertz CT molecular complexity index is 1430. The molecule has 0 spiro atoms. The molecule has 2 fully saturated rings. The molecule has 5 rings (SSSR count). The number of nitrogens with zero attached hydrogens (tertiary/aromatic N) is 4. The summed E-state index contributed by atoms with van der Waals surface area (Å²) in [4.78, 5) is 36.7. The summed E-state index contributed by atoms with van der Waals surface area (Å²) in [6.45, 7) is 6.16. The van der Waals surface area contributed by atoms with Gasteiger partial charge in [0.2, 0.25) is 5.91 Å². The highest BCUT2D eigenvalue weighted by Crippen LogP contribution is 2.42. The predicted octanol–water partition coefficient (Wildman–Crippen LogP) is 4.38. The normalized spacial score (nSPS) is 19.7. The van der Waals surface area contributed by atoms with Crippen molar-refractivity contribution in [2.75, 3.05) is 46.9 Å². The van der Waals surface area contributed by atoms with Crippen LogP contribution in [0.5, 0.6) is 0 Å². The first-order valence-electron chi connectivity index (χ1n) is 15.1. The number of carbonyl (C=O) groups excluding carboxylic acids is 2. The summed E-state index contributed by atoms with van der Waals surface area (Å²) in [5.41, 5.74) is 11.2. The SMILES string of the molecule is C=CN(C)/C(=C\N)C(NC(=O)COC)C1=Cc2cccnc2C(N2CCN(C(=O)OC3CCCC3)CC2)c2ccc(Cl)cc21. The Hall–Kier alpha value is -3.86. The van der Waals surface area contributed by atoms with Crippen LogP contribution in [-0.4, -0.2) is 90.8 Å². The number of nitrogens with one attached hydrogen (secondary N) is 1. The second-order valence-corrected chi connectivity index (χ2v) is 11.8. The van der Waals surface area contributed by atoms with E-state index in [1.165, 1.54) is 13.3 Å². The minimum atomic E-state index is -0.656. The highest BCUT2D eigenvalue weighted by atomic mass is 35.5. The molecule has 2 atom stereocenters. The van der Waals surface area contributed by atoms with E-state index in [9.17, 15) is 9.59 Å². The van der Waals surface area contributed by atoms with Gasteiger partial charge in [-0.1, -0.05) is 30.3 Å². The van der Waals surface area contributed by atoms with Crippen LogP contribution in [0.1, 0.15) is 54.1 Å². The van der Waals surface area contributed by atoms with Gasteiger partial charge in [-0.15, -0.1) is 0 Å². The predicted molar refractivity (Wildman–Crippen MR) is 171 cm³/mol. The van der Waals surface area contributed by atoms with Gasteiger partial charge in [0, 0.05) is 57.8 Å². The fourth-order valence-corrected chi connectivity index (χ4v) is 6.52. The third-order valence-corrected chi connectivity index (χ3v) is 8.84. The number of ether oxygens (including phenoxy) is 2. The van der Waals surface area contributed by atoms with Crippen LogP contribution in [0.3, 0.4) is 0 Å². The summed E-state index contributed by atoms with van der Waals surface area (Å²) in [6.07, 6.45) is 10.9. The fraction of sp³-hybridized carbons (Fsp3) is 0.424. The first kappa shape index (κ1) is 31.6. The Morgan fingerprint density at radius 2 is 1.98 bits per heavy atom. The van der Waals surface area contributed by atoms with Crippen molar-refractivity contribution in [3.05, 3.63) is 88.6 Å². The van der Waals surface area contributed by atoms with Gasteiger partial charge in [0.1, 0.15) is 12.7 Å². The zero-order valence-electron chi connectivity index (χ0n) is 25.4. The molecule has 0 bridgehead atoms. The number of piperazine rings is 1. The van der Waals surface area contributed by atoms with E-state index in [0.717, 1.165) is 53.6 Å². The Kier molecular flexibility index (Phi) is 10.2. The van der Waals surface area contributed by atoms with Crippen molar-refractivity contribution < 1.29 is 19.1 Å². The lowest BCUT2D eigenvalue weighted by molar-refractivity contribution is -0.124. The van der Waals surface area contributed by atoms with Crippen LogP contribution in [0.25, 0.3) is 11.6 Å². The van der Waals surface area contributed by atoms with Crippen molar-refractivity contribution in [1.82, 2.24) is 25.0 Å². The molecule has 3 aliphatic rings. The topological polar surface area (TPSA) is 113 Å². The fourth-order valence-electron chi connectivity index (χ4n) is 6.35. The van der Waals surface area contributed by atoms with Gasteiger partial charge in [-0.3, -0.25) is 14.7 Å². The van der Waals surface area contributed by atoms with Crippen molar-refractivity contribution in [3.63, 3.8) is 0 Å². The number of hydrogen-bond acceptors (Lipinski definition) is 8. The van der Waals surface area contributed by atoms with E-state index in [2.05, 4.69) is 16.8 Å². The lowest BCUT2D eigenvalue weighted by atomic mass is 9.89. The van der Waals surface area contributed by atoms with E-state index in [0.29, 0.717) is 36.9 Å². The monoisotopic (exact) mass is 620 g/mol. The number of nitrogens with two attached hydrogens (primary N) is 1. The lowest BCUT2D eigenvalue weighted by Gasteiger charge is -2.39. The van der Waals surface area contributed by atoms with Gasteiger partial charge in [-0.25, -0.2) is 4.79 Å². The number of halogens is 1. The molecule has 1 aromatic carbocycles. The summed E-state index contributed by atoms with van der Waals surface area (Å²) in [5.74, 6) is -0.299. The maximum atomic E-state index is 13.0. The molecule has 10 nitrogen and oxygen atoms in total. The number of aromatic nitrogens is 1. The molecule has 2 aromatic rings. The van der Waals surface area contributed by atoms with Gasteiger partial charge in [0.25, 0.3) is 0 Å². The van der Waals surface area contributed by atoms with E-state index >= 15 is 0 Å². The number of hydrogen-bond donors (Lipinski definition) is 2. The minimum Gasteiger partial charge on any atom is -0.446 e. The maximum absolute atomic E-state index is 13.0. The number of rotatable bonds is 9. The van der Waals surface area contributed by atoms with Crippen molar-refractivity contribution in [3.8, 4) is 0 Å². The van der Waals surface area contributed by atoms with Crippen LogP contribution in [0.2, 0.25) is 5.02 Å². The van der Waals surface area contributed by atoms with Crippen LogP contribution in [0.15, 0.2) is 61.2 Å². The minimum absolute atomic E-state index is 0.0319. The Balaban J connectivity index is 1.54. The van der Waals surface area contributed by atoms with Crippen LogP contribution in [-0.2, 0) is 14.3 Å². The first-order chi connectivity index (χ1) is 21.3. The van der Waals surface area contributed by atoms with Crippen LogP contribution >= 0.6 is 11.6 Å². The molecule has 2 unspecified atom stereocenters. The zero-order valence-corrected chi connectivity index (χ0v) is 26.1. The van der Waals surface area contributed by atoms with Gasteiger partial charge in [-0.2, -0.15) is 0 Å². The van der Waals surface area contributed by atoms with Crippen molar-refractivity contribution in [1.29, 1.82) is 0 Å². The van der Waals surface area contributed by atoms with Crippen LogP contribution in [0.4, 0.5) is 4.79 Å². The highest BCUT2D eigenvalue weighted by Gasteiger charge is 2.37. The number of pyridine rings is 1. The van der Waals surface area contributed by atoms with Gasteiger partial charge in [-0.05, 0) is 78.4 Å². The number of fused-ring (bicyclic) bond motifs is 2. The molecule has 1 saturated carbocycles. The maximum Gasteiger partial charge on any atom is 0.410 e. The van der Waals surface area contributed by atoms with E-state index in [4.69, 9.17) is 31.8 Å². The third kappa shape index (κ3) is 6.77. The van der Waals surface area contributed by atoms with Gasteiger partial charge < -0.3 is 30.3 Å². The van der Waals surface area contributed by atoms with E-state index in [-0.39, 0.29) is 30.8 Å². The average molecular weight is 621 g/mol. The van der Waals surface area contributed by atoms with Gasteiger partial charge in [0.05, 0.1) is 23.5 Å². The average Bonchev–Trinajstić information content (AvgIpc) is 3.49. The molecule has 3 N–H and O–H groups in total. The largest absolute Gasteiger partial charge is 0.446 e. The number of amides is 2. The van der Waals surface area contributed by atoms with Crippen molar-refractivity contribution in [2.24, 2.45) is 5.73 Å². The summed E-state index contributed by atoms with van der Waals surface area (Å²) in [6, 6.07) is 8.87. The Morgan fingerprint density at radius 3 is 2.66 bits per heavy atom. The van der Waals surface area contributed by atoms with Crippen molar-refractivity contribution >= 4 is 35.3 Å². The Labute approximate surface area is 264 Å². The number of carbonyl (C=O) groups is 2. The summed E-state index contributed by atoms with van der Waals surface area (Å²) < 4.78 is 10.9. The highest BCUT2D eigenvalue weighted by molar-refractivity contribution is 6.30. The van der Waals surface area contributed by atoms with E-state index in [1.54, 1.807) is 17.3 Å². The number of benzene rings is 1. The van der Waals surface area contributed by atoms with Crippen molar-refractivity contribution in [2.45, 2.75) is 43.9 Å². The standard InChI is InChI=1S/C33H41ClN6O4/c1-4-38(2)28(20-35)31(37-29(41)21-43-3)27-18-22-8-7-13-36-30(22)32(25-12-11-23(34)19-26(25)27)39-14-16-40(17-15-39)33(42)44-24-9-5-6-10-24/h4,7-8,11-13,18-20,24,31-32H,1,5-6,9-10,14-17,21,35H2,2-3H3,(H,37,41)/b28-20-. The molecule has 1 aliphatic heterocycles. The quantitative estimate of drug-likeness (QED) is 0.425. The molecule has 0 radical (unpaired) electrons. The smallest absolute Gasteiger partial charge is 0.410 e. The summed E-state index contributed by atoms with van der Waals surface area (Å²) >= 11 is 6.64. The third-order valence-electron chi connectivity index (χ3n) is 8.61. The number of methoxy groups -OCH3 is 1. The van der Waals surface area contributed by atoms with E-state index < -0.39 is 6.04 Å². The van der Waals surface area contributed by atoms with Crippen LogP contribution in [0, 0.1) is 0 Å².